The number of carboxylic acids is 1. The molecule has 0 spiro atoms. The average molecular weight is 603 g/mol. The third-order valence-corrected chi connectivity index (χ3v) is 6.88. The molecule has 0 aliphatic rings. The van der Waals surface area contributed by atoms with Gasteiger partial charge in [0.2, 0.25) is 5.78 Å². The molecule has 0 atom stereocenters. The van der Waals surface area contributed by atoms with Gasteiger partial charge in [-0.05, 0) is 36.9 Å². The fourth-order valence-corrected chi connectivity index (χ4v) is 4.90. The number of rotatable bonds is 10. The molecule has 2 heterocycles. The Balaban J connectivity index is 1.68. The second-order valence-corrected chi connectivity index (χ2v) is 10.0. The van der Waals surface area contributed by atoms with Gasteiger partial charge in [-0.2, -0.15) is 0 Å². The van der Waals surface area contributed by atoms with Crippen LogP contribution in [0.3, 0.4) is 0 Å². The molecule has 13 heteroatoms. The van der Waals surface area contributed by atoms with Crippen LogP contribution in [-0.2, 0) is 24.5 Å². The van der Waals surface area contributed by atoms with E-state index in [0.29, 0.717) is 29.2 Å². The number of urea groups is 1. The molecule has 2 amide bonds. The van der Waals surface area contributed by atoms with Gasteiger partial charge >= 0.3 is 12.0 Å². The number of hydroxylamine groups is 1. The first-order valence-corrected chi connectivity index (χ1v) is 13.4. The van der Waals surface area contributed by atoms with Crippen molar-refractivity contribution in [2.45, 2.75) is 19.6 Å². The zero-order valence-electron chi connectivity index (χ0n) is 23.8. The maximum absolute atomic E-state index is 14.7. The van der Waals surface area contributed by atoms with Crippen molar-refractivity contribution >= 4 is 23.5 Å². The van der Waals surface area contributed by atoms with Crippen molar-refractivity contribution < 1.29 is 28.3 Å². The van der Waals surface area contributed by atoms with Crippen LogP contribution in [0.1, 0.15) is 27.2 Å². The lowest BCUT2D eigenvalue weighted by Gasteiger charge is -2.18. The Bertz CT molecular complexity index is 1870. The van der Waals surface area contributed by atoms with Crippen LogP contribution in [0, 0.1) is 11.6 Å². The van der Waals surface area contributed by atoms with Crippen molar-refractivity contribution in [2.75, 3.05) is 19.5 Å². The monoisotopic (exact) mass is 602 g/mol. The molecule has 0 radical (unpaired) electrons. The normalized spacial score (nSPS) is 11.2. The molecule has 5 aromatic rings. The number of hydrogen-bond acceptors (Lipinski definition) is 6. The molecule has 3 N–H and O–H groups in total. The Morgan fingerprint density at radius 3 is 2.30 bits per heavy atom. The Labute approximate surface area is 249 Å². The number of fused-ring (bicyclic) bond motifs is 1. The number of hydrogen-bond donors (Lipinski definition) is 3. The second-order valence-electron chi connectivity index (χ2n) is 10.0. The Kier molecular flexibility index (Phi) is 8.78. The predicted molar refractivity (Wildman–Crippen MR) is 158 cm³/mol. The van der Waals surface area contributed by atoms with E-state index in [1.54, 1.807) is 24.3 Å². The first-order chi connectivity index (χ1) is 21.2. The lowest BCUT2D eigenvalue weighted by Crippen LogP contribution is -2.28. The predicted octanol–water partition coefficient (Wildman–Crippen LogP) is 4.50. The number of nitrogens with one attached hydrogen (secondary N) is 2. The van der Waals surface area contributed by atoms with Gasteiger partial charge in [-0.25, -0.2) is 33.2 Å². The van der Waals surface area contributed by atoms with E-state index in [2.05, 4.69) is 15.6 Å². The molecule has 0 aliphatic heterocycles. The van der Waals surface area contributed by atoms with Gasteiger partial charge < -0.3 is 15.0 Å². The van der Waals surface area contributed by atoms with Crippen LogP contribution in [0.5, 0.6) is 0 Å². The molecule has 5 rings (SSSR count). The SMILES string of the molecule is CONC(=O)Nc1ccc(-c2nc3n(Cc4c(F)cccc4F)cc(C(=O)O)c(=O)n3c2CN(C)Cc2ccccc2)cc1. The van der Waals surface area contributed by atoms with Crippen LogP contribution in [0.4, 0.5) is 19.3 Å². The van der Waals surface area contributed by atoms with Gasteiger partial charge in [-0.15, -0.1) is 0 Å². The first-order valence-electron chi connectivity index (χ1n) is 13.4. The summed E-state index contributed by atoms with van der Waals surface area (Å²) in [5.41, 5.74) is 3.13. The fourth-order valence-electron chi connectivity index (χ4n) is 4.90. The summed E-state index contributed by atoms with van der Waals surface area (Å²) in [5.74, 6) is -3.14. The number of aromatic nitrogens is 3. The first kappa shape index (κ1) is 30.1. The highest BCUT2D eigenvalue weighted by Gasteiger charge is 2.24. The number of carboxylic acid groups (broad SMARTS) is 1. The van der Waals surface area contributed by atoms with Crippen molar-refractivity contribution in [3.63, 3.8) is 0 Å². The quantitative estimate of drug-likeness (QED) is 0.201. The summed E-state index contributed by atoms with van der Waals surface area (Å²) in [7, 11) is 3.14. The Morgan fingerprint density at radius 2 is 1.66 bits per heavy atom. The Morgan fingerprint density at radius 1 is 0.977 bits per heavy atom. The zero-order valence-corrected chi connectivity index (χ0v) is 23.8. The average Bonchev–Trinajstić information content (AvgIpc) is 3.36. The molecule has 44 heavy (non-hydrogen) atoms. The van der Waals surface area contributed by atoms with Crippen molar-refractivity contribution in [2.24, 2.45) is 0 Å². The van der Waals surface area contributed by atoms with E-state index >= 15 is 0 Å². The zero-order chi connectivity index (χ0) is 31.4. The minimum absolute atomic E-state index is 0.00226. The maximum Gasteiger partial charge on any atom is 0.343 e. The van der Waals surface area contributed by atoms with Gasteiger partial charge in [0.15, 0.2) is 0 Å². The van der Waals surface area contributed by atoms with E-state index in [1.165, 1.54) is 22.1 Å². The van der Waals surface area contributed by atoms with Crippen molar-refractivity contribution in [3.8, 4) is 11.3 Å². The van der Waals surface area contributed by atoms with E-state index < -0.39 is 41.3 Å². The van der Waals surface area contributed by atoms with Gasteiger partial charge in [-0.1, -0.05) is 48.5 Å². The van der Waals surface area contributed by atoms with Crippen LogP contribution in [0.25, 0.3) is 17.0 Å². The summed E-state index contributed by atoms with van der Waals surface area (Å²) in [4.78, 5) is 48.9. The number of imidazole rings is 1. The summed E-state index contributed by atoms with van der Waals surface area (Å²) in [6.45, 7) is 0.238. The molecule has 0 bridgehead atoms. The molecule has 0 fully saturated rings. The molecule has 11 nitrogen and oxygen atoms in total. The van der Waals surface area contributed by atoms with Gasteiger partial charge in [0.05, 0.1) is 25.0 Å². The molecule has 0 saturated heterocycles. The molecule has 0 saturated carbocycles. The number of carbonyl (C=O) groups excluding carboxylic acids is 1. The number of aromatic carboxylic acids is 1. The molecular formula is C31H28F2N6O5. The van der Waals surface area contributed by atoms with Crippen molar-refractivity contribution in [3.05, 3.63) is 123 Å². The lowest BCUT2D eigenvalue weighted by molar-refractivity contribution is 0.0693. The molecule has 3 aromatic carbocycles. The summed E-state index contributed by atoms with van der Waals surface area (Å²) < 4.78 is 31.8. The number of amides is 2. The number of benzene rings is 3. The smallest absolute Gasteiger partial charge is 0.343 e. The summed E-state index contributed by atoms with van der Waals surface area (Å²) >= 11 is 0. The van der Waals surface area contributed by atoms with Gasteiger partial charge in [0.1, 0.15) is 17.2 Å². The number of carbonyl (C=O) groups is 2. The minimum Gasteiger partial charge on any atom is -0.477 e. The second kappa shape index (κ2) is 12.9. The van der Waals surface area contributed by atoms with Gasteiger partial charge in [-0.3, -0.25) is 14.5 Å². The third kappa shape index (κ3) is 6.33. The van der Waals surface area contributed by atoms with Crippen LogP contribution in [-0.4, -0.2) is 50.1 Å². The highest BCUT2D eigenvalue weighted by molar-refractivity contribution is 5.89. The largest absolute Gasteiger partial charge is 0.477 e. The van der Waals surface area contributed by atoms with E-state index in [4.69, 9.17) is 4.98 Å². The number of anilines is 1. The highest BCUT2D eigenvalue weighted by atomic mass is 19.1. The lowest BCUT2D eigenvalue weighted by atomic mass is 10.1. The number of halogens is 2. The van der Waals surface area contributed by atoms with Crippen molar-refractivity contribution in [1.82, 2.24) is 24.3 Å². The van der Waals surface area contributed by atoms with Crippen LogP contribution in [0.15, 0.2) is 83.8 Å². The summed E-state index contributed by atoms with van der Waals surface area (Å²) in [6.07, 6.45) is 1.04. The molecule has 226 valence electrons. The van der Waals surface area contributed by atoms with E-state index in [-0.39, 0.29) is 17.9 Å². The molecule has 2 aromatic heterocycles. The standard InChI is InChI=1S/C31H28F2N6O5/c1-37(15-19-7-4-3-5-8-19)18-26-27(20-11-13-21(14-12-20)34-30(43)36-44-2)35-31-38(16-22-24(32)9-6-10-25(22)33)17-23(29(41)42)28(40)39(26)31/h3-14,17H,15-16,18H2,1-2H3,(H,41,42)(H2,34,36,43). The third-order valence-electron chi connectivity index (χ3n) is 6.88. The van der Waals surface area contributed by atoms with Gasteiger partial charge in [0.25, 0.3) is 5.56 Å². The maximum atomic E-state index is 14.7. The van der Waals surface area contributed by atoms with Crippen LogP contribution in [0.2, 0.25) is 0 Å². The van der Waals surface area contributed by atoms with Crippen molar-refractivity contribution in [1.29, 1.82) is 0 Å². The van der Waals surface area contributed by atoms with E-state index in [1.807, 2.05) is 42.3 Å². The topological polar surface area (TPSA) is 130 Å². The Hall–Kier alpha value is -5.40. The van der Waals surface area contributed by atoms with E-state index in [9.17, 15) is 28.3 Å². The van der Waals surface area contributed by atoms with E-state index in [0.717, 1.165) is 23.9 Å². The highest BCUT2D eigenvalue weighted by Crippen LogP contribution is 2.27. The fraction of sp³-hybridized carbons (Fsp3) is 0.161. The van der Waals surface area contributed by atoms with Crippen LogP contribution < -0.4 is 16.4 Å². The van der Waals surface area contributed by atoms with Gasteiger partial charge in [0, 0.05) is 36.1 Å². The summed E-state index contributed by atoms with van der Waals surface area (Å²) in [5, 5.41) is 12.5. The molecule has 0 unspecified atom stereocenters. The molecular weight excluding hydrogens is 574 g/mol. The molecule has 0 aliphatic carbocycles. The minimum atomic E-state index is -1.50. The summed E-state index contributed by atoms with van der Waals surface area (Å²) in [6, 6.07) is 19.0. The van der Waals surface area contributed by atoms with Crippen LogP contribution >= 0.6 is 0 Å². The number of nitrogens with zero attached hydrogens (tertiary/aromatic N) is 4.